The molecule has 0 atom stereocenters. The lowest BCUT2D eigenvalue weighted by Crippen LogP contribution is -2.58. The fourth-order valence-corrected chi connectivity index (χ4v) is 3.88. The van der Waals surface area contributed by atoms with E-state index in [1.54, 1.807) is 6.92 Å². The minimum atomic E-state index is -0.727. The van der Waals surface area contributed by atoms with Crippen molar-refractivity contribution >= 4 is 39.9 Å². The van der Waals surface area contributed by atoms with Gasteiger partial charge in [0, 0.05) is 10.5 Å². The molecule has 1 aliphatic carbocycles. The molecule has 0 aromatic heterocycles. The summed E-state index contributed by atoms with van der Waals surface area (Å²) in [5, 5.41) is 12.2. The first kappa shape index (κ1) is 19.4. The maximum atomic E-state index is 12.9. The van der Waals surface area contributed by atoms with E-state index >= 15 is 0 Å². The van der Waals surface area contributed by atoms with Crippen LogP contribution in [-0.4, -0.2) is 40.5 Å². The third-order valence-corrected chi connectivity index (χ3v) is 5.44. The van der Waals surface area contributed by atoms with E-state index in [0.29, 0.717) is 16.6 Å². The Bertz CT molecular complexity index is 815. The average Bonchev–Trinajstić information content (AvgIpc) is 2.63. The summed E-state index contributed by atoms with van der Waals surface area (Å²) in [6.07, 6.45) is 5.90. The fourth-order valence-electron chi connectivity index (χ4n) is 3.44. The first-order chi connectivity index (χ1) is 12.9. The number of hydrogen-bond acceptors (Lipinski definition) is 5. The summed E-state index contributed by atoms with van der Waals surface area (Å²) in [7, 11) is 0. The lowest BCUT2D eigenvalue weighted by molar-refractivity contribution is -0.132. The minimum absolute atomic E-state index is 0.0516. The Labute approximate surface area is 165 Å². The van der Waals surface area contributed by atoms with Crippen LogP contribution in [0.4, 0.5) is 4.79 Å². The summed E-state index contributed by atoms with van der Waals surface area (Å²) in [4.78, 5) is 38.6. The molecular formula is C19H21BrN2O5. The van der Waals surface area contributed by atoms with Crippen molar-refractivity contribution in [3.63, 3.8) is 0 Å². The number of ether oxygens (including phenoxy) is 1. The van der Waals surface area contributed by atoms with Crippen molar-refractivity contribution in [1.82, 2.24) is 10.2 Å². The predicted octanol–water partition coefficient (Wildman–Crippen LogP) is 3.35. The number of phenolic OH excluding ortho intramolecular Hbond substituents is 1. The maximum Gasteiger partial charge on any atom is 0.331 e. The van der Waals surface area contributed by atoms with Crippen LogP contribution in [0.1, 0.15) is 44.6 Å². The normalized spacial score (nSPS) is 20.1. The fraction of sp³-hybridized carbons (Fsp3) is 0.421. The van der Waals surface area contributed by atoms with Crippen molar-refractivity contribution < 1.29 is 24.2 Å². The Kier molecular flexibility index (Phi) is 5.84. The number of rotatable bonds is 4. The molecule has 3 rings (SSSR count). The van der Waals surface area contributed by atoms with Crippen molar-refractivity contribution in [3.8, 4) is 11.5 Å². The van der Waals surface area contributed by atoms with Crippen molar-refractivity contribution in [2.75, 3.05) is 6.61 Å². The van der Waals surface area contributed by atoms with Gasteiger partial charge in [-0.05, 0) is 43.5 Å². The monoisotopic (exact) mass is 436 g/mol. The van der Waals surface area contributed by atoms with E-state index in [2.05, 4.69) is 21.2 Å². The summed E-state index contributed by atoms with van der Waals surface area (Å²) in [5.41, 5.74) is 0.377. The van der Waals surface area contributed by atoms with Crippen molar-refractivity contribution in [2.24, 2.45) is 0 Å². The van der Waals surface area contributed by atoms with Crippen LogP contribution in [-0.2, 0) is 9.59 Å². The number of nitrogens with one attached hydrogen (secondary N) is 1. The van der Waals surface area contributed by atoms with Gasteiger partial charge in [0.05, 0.1) is 6.61 Å². The zero-order chi connectivity index (χ0) is 19.6. The summed E-state index contributed by atoms with van der Waals surface area (Å²) < 4.78 is 5.86. The third-order valence-electron chi connectivity index (χ3n) is 4.75. The smallest absolute Gasteiger partial charge is 0.331 e. The molecule has 1 aromatic rings. The van der Waals surface area contributed by atoms with Crippen molar-refractivity contribution in [2.45, 2.75) is 45.1 Å². The van der Waals surface area contributed by atoms with E-state index in [-0.39, 0.29) is 23.1 Å². The lowest BCUT2D eigenvalue weighted by Gasteiger charge is -2.35. The number of amides is 4. The van der Waals surface area contributed by atoms with E-state index in [1.807, 2.05) is 0 Å². The summed E-state index contributed by atoms with van der Waals surface area (Å²) in [6.45, 7) is 2.14. The minimum Gasteiger partial charge on any atom is -0.504 e. The number of carbonyl (C=O) groups is 3. The SMILES string of the molecule is CCOc1cc(C=C2C(=O)NC(=O)N(C3CCCCC3)C2=O)c(Br)cc1O. The van der Waals surface area contributed by atoms with Gasteiger partial charge in [0.1, 0.15) is 5.57 Å². The number of carbonyl (C=O) groups excluding carboxylic acids is 3. The van der Waals surface area contributed by atoms with E-state index in [9.17, 15) is 19.5 Å². The molecule has 2 N–H and O–H groups in total. The van der Waals surface area contributed by atoms with Crippen LogP contribution < -0.4 is 10.1 Å². The van der Waals surface area contributed by atoms with Gasteiger partial charge < -0.3 is 9.84 Å². The molecule has 0 unspecified atom stereocenters. The van der Waals surface area contributed by atoms with Crippen LogP contribution in [0.2, 0.25) is 0 Å². The van der Waals surface area contributed by atoms with Gasteiger partial charge >= 0.3 is 6.03 Å². The number of aromatic hydroxyl groups is 1. The molecule has 1 aromatic carbocycles. The molecule has 7 nitrogen and oxygen atoms in total. The Balaban J connectivity index is 1.96. The van der Waals surface area contributed by atoms with E-state index in [4.69, 9.17) is 4.74 Å². The van der Waals surface area contributed by atoms with Gasteiger partial charge in [0.2, 0.25) is 0 Å². The van der Waals surface area contributed by atoms with Gasteiger partial charge in [-0.15, -0.1) is 0 Å². The molecule has 0 bridgehead atoms. The first-order valence-corrected chi connectivity index (χ1v) is 9.77. The summed E-state index contributed by atoms with van der Waals surface area (Å²) >= 11 is 3.32. The van der Waals surface area contributed by atoms with Gasteiger partial charge in [-0.1, -0.05) is 35.2 Å². The molecule has 1 heterocycles. The van der Waals surface area contributed by atoms with Crippen LogP contribution >= 0.6 is 15.9 Å². The van der Waals surface area contributed by atoms with E-state index < -0.39 is 17.8 Å². The Morgan fingerprint density at radius 2 is 1.96 bits per heavy atom. The number of nitrogens with zero attached hydrogens (tertiary/aromatic N) is 1. The highest BCUT2D eigenvalue weighted by atomic mass is 79.9. The topological polar surface area (TPSA) is 95.9 Å². The van der Waals surface area contributed by atoms with Crippen LogP contribution in [0.5, 0.6) is 11.5 Å². The van der Waals surface area contributed by atoms with Gasteiger partial charge in [-0.25, -0.2) is 4.79 Å². The molecule has 144 valence electrons. The second-order valence-corrected chi connectivity index (χ2v) is 7.41. The second-order valence-electron chi connectivity index (χ2n) is 6.56. The Hall–Kier alpha value is -2.35. The number of benzene rings is 1. The second kappa shape index (κ2) is 8.12. The quantitative estimate of drug-likeness (QED) is 0.557. The number of phenols is 1. The molecular weight excluding hydrogens is 416 g/mol. The number of urea groups is 1. The standard InChI is InChI=1S/C19H21BrN2O5/c1-2-27-16-9-11(14(20)10-15(16)23)8-13-17(24)21-19(26)22(18(13)25)12-6-4-3-5-7-12/h8-10,12,23H,2-7H2,1H3,(H,21,24,26). The zero-order valence-corrected chi connectivity index (χ0v) is 16.5. The molecule has 8 heteroatoms. The summed E-state index contributed by atoms with van der Waals surface area (Å²) in [6, 6.07) is 2.13. The molecule has 1 saturated heterocycles. The molecule has 1 saturated carbocycles. The summed E-state index contributed by atoms with van der Waals surface area (Å²) in [5.74, 6) is -1.12. The molecule has 4 amide bonds. The molecule has 1 aliphatic heterocycles. The van der Waals surface area contributed by atoms with Crippen molar-refractivity contribution in [1.29, 1.82) is 0 Å². The number of halogens is 1. The Morgan fingerprint density at radius 3 is 2.63 bits per heavy atom. The zero-order valence-electron chi connectivity index (χ0n) is 15.0. The lowest BCUT2D eigenvalue weighted by atomic mass is 9.93. The third kappa shape index (κ3) is 4.00. The molecule has 0 radical (unpaired) electrons. The molecule has 2 fully saturated rings. The van der Waals surface area contributed by atoms with Gasteiger partial charge in [0.15, 0.2) is 11.5 Å². The number of hydrogen-bond donors (Lipinski definition) is 2. The van der Waals surface area contributed by atoms with Crippen LogP contribution in [0.15, 0.2) is 22.2 Å². The van der Waals surface area contributed by atoms with Crippen molar-refractivity contribution in [3.05, 3.63) is 27.7 Å². The first-order valence-electron chi connectivity index (χ1n) is 8.98. The predicted molar refractivity (Wildman–Crippen MR) is 102 cm³/mol. The van der Waals surface area contributed by atoms with E-state index in [0.717, 1.165) is 32.1 Å². The highest BCUT2D eigenvalue weighted by Crippen LogP contribution is 2.34. The van der Waals surface area contributed by atoms with Gasteiger partial charge in [0.25, 0.3) is 11.8 Å². The van der Waals surface area contributed by atoms with Crippen LogP contribution in [0, 0.1) is 0 Å². The van der Waals surface area contributed by atoms with E-state index in [1.165, 1.54) is 23.1 Å². The number of barbiturate groups is 1. The average molecular weight is 437 g/mol. The highest BCUT2D eigenvalue weighted by molar-refractivity contribution is 9.10. The highest BCUT2D eigenvalue weighted by Gasteiger charge is 2.40. The number of imide groups is 2. The molecule has 0 spiro atoms. The van der Waals surface area contributed by atoms with Crippen LogP contribution in [0.3, 0.4) is 0 Å². The maximum absolute atomic E-state index is 12.9. The molecule has 2 aliphatic rings. The Morgan fingerprint density at radius 1 is 1.26 bits per heavy atom. The van der Waals surface area contributed by atoms with Gasteiger partial charge in [-0.3, -0.25) is 19.8 Å². The largest absolute Gasteiger partial charge is 0.504 e. The van der Waals surface area contributed by atoms with Gasteiger partial charge in [-0.2, -0.15) is 0 Å². The van der Waals surface area contributed by atoms with Crippen LogP contribution in [0.25, 0.3) is 6.08 Å². The molecule has 27 heavy (non-hydrogen) atoms.